The van der Waals surface area contributed by atoms with E-state index in [2.05, 4.69) is 4.98 Å². The lowest BCUT2D eigenvalue weighted by atomic mass is 10.1. The van der Waals surface area contributed by atoms with E-state index in [0.717, 1.165) is 11.4 Å². The minimum atomic E-state index is -0.522. The van der Waals surface area contributed by atoms with Gasteiger partial charge in [0.1, 0.15) is 16.7 Å². The van der Waals surface area contributed by atoms with Crippen molar-refractivity contribution in [3.8, 4) is 11.3 Å². The van der Waals surface area contributed by atoms with Crippen LogP contribution in [0.2, 0.25) is 0 Å². The second-order valence-electron chi connectivity index (χ2n) is 6.38. The molecule has 1 aliphatic heterocycles. The summed E-state index contributed by atoms with van der Waals surface area (Å²) in [5, 5.41) is 0.748. The zero-order chi connectivity index (χ0) is 17.0. The van der Waals surface area contributed by atoms with Gasteiger partial charge in [0.15, 0.2) is 0 Å². The molecule has 2 fully saturated rings. The lowest BCUT2D eigenvalue weighted by Crippen LogP contribution is -2.46. The number of amides is 2. The molecule has 124 valence electrons. The molecule has 0 bridgehead atoms. The molecule has 1 saturated carbocycles. The number of hydrogen-bond donors (Lipinski definition) is 1. The number of piperidine rings is 1. The van der Waals surface area contributed by atoms with Crippen LogP contribution in [0.25, 0.3) is 11.3 Å². The first-order valence-corrected chi connectivity index (χ1v) is 8.61. The average Bonchev–Trinajstić information content (AvgIpc) is 3.02. The van der Waals surface area contributed by atoms with Crippen molar-refractivity contribution in [1.82, 2.24) is 9.88 Å². The molecule has 2 aromatic rings. The molecule has 1 saturated heterocycles. The van der Waals surface area contributed by atoms with E-state index in [-0.39, 0.29) is 17.6 Å². The fourth-order valence-corrected chi connectivity index (χ4v) is 4.44. The van der Waals surface area contributed by atoms with Gasteiger partial charge >= 0.3 is 0 Å². The van der Waals surface area contributed by atoms with Gasteiger partial charge in [-0.1, -0.05) is 0 Å². The molecule has 4 rings (SSSR count). The number of aryl methyl sites for hydroxylation is 1. The summed E-state index contributed by atoms with van der Waals surface area (Å²) in [6, 6.07) is 5.37. The van der Waals surface area contributed by atoms with E-state index < -0.39 is 11.9 Å². The summed E-state index contributed by atoms with van der Waals surface area (Å²) in [6.45, 7) is 2.39. The summed E-state index contributed by atoms with van der Waals surface area (Å²) in [4.78, 5) is 31.3. The monoisotopic (exact) mass is 345 g/mol. The Bertz CT molecular complexity index is 833. The van der Waals surface area contributed by atoms with E-state index >= 15 is 0 Å². The van der Waals surface area contributed by atoms with Crippen molar-refractivity contribution in [3.63, 3.8) is 0 Å². The van der Waals surface area contributed by atoms with Gasteiger partial charge in [0.25, 0.3) is 5.91 Å². The van der Waals surface area contributed by atoms with Crippen molar-refractivity contribution >= 4 is 23.2 Å². The lowest BCUT2D eigenvalue weighted by molar-refractivity contribution is -0.122. The van der Waals surface area contributed by atoms with Crippen molar-refractivity contribution in [2.75, 3.05) is 6.54 Å². The Morgan fingerprint density at radius 3 is 2.71 bits per heavy atom. The van der Waals surface area contributed by atoms with Gasteiger partial charge < -0.3 is 10.6 Å². The second kappa shape index (κ2) is 5.37. The molecule has 2 amide bonds. The SMILES string of the molecule is Cc1nc(-c2ccc(F)cc2)c(C(=O)N2C[C@@H]3C[C@@H]3[C@H]2C(N)=O)s1. The second-order valence-corrected chi connectivity index (χ2v) is 7.59. The number of halogens is 1. The maximum absolute atomic E-state index is 13.2. The molecule has 24 heavy (non-hydrogen) atoms. The Hall–Kier alpha value is -2.28. The zero-order valence-corrected chi connectivity index (χ0v) is 13.8. The molecule has 1 aromatic carbocycles. The number of nitrogens with zero attached hydrogens (tertiary/aromatic N) is 2. The predicted octanol–water partition coefficient (Wildman–Crippen LogP) is 2.20. The van der Waals surface area contributed by atoms with Crippen molar-refractivity contribution in [3.05, 3.63) is 40.0 Å². The van der Waals surface area contributed by atoms with Crippen LogP contribution in [-0.4, -0.2) is 34.3 Å². The Kier molecular flexibility index (Phi) is 3.42. The van der Waals surface area contributed by atoms with Gasteiger partial charge in [0.2, 0.25) is 5.91 Å². The Morgan fingerprint density at radius 1 is 1.33 bits per heavy atom. The highest BCUT2D eigenvalue weighted by molar-refractivity contribution is 7.14. The van der Waals surface area contributed by atoms with Gasteiger partial charge in [-0.05, 0) is 49.4 Å². The summed E-state index contributed by atoms with van der Waals surface area (Å²) in [7, 11) is 0. The molecule has 0 spiro atoms. The number of nitrogens with two attached hydrogens (primary N) is 1. The standard InChI is InChI=1S/C17H16FN3O2S/c1-8-20-13(9-2-4-11(18)5-3-9)15(24-8)17(23)21-7-10-6-12(10)14(21)16(19)22/h2-5,10,12,14H,6-7H2,1H3,(H2,19,22)/t10-,12-,14-/m0/s1. The third-order valence-corrected chi connectivity index (χ3v) is 5.71. The number of hydrogen-bond acceptors (Lipinski definition) is 4. The van der Waals surface area contributed by atoms with Gasteiger partial charge in [-0.15, -0.1) is 11.3 Å². The molecule has 2 N–H and O–H groups in total. The molecule has 2 heterocycles. The summed E-state index contributed by atoms with van der Waals surface area (Å²) in [6.07, 6.45) is 0.962. The molecule has 2 aliphatic rings. The topological polar surface area (TPSA) is 76.3 Å². The van der Waals surface area contributed by atoms with E-state index in [9.17, 15) is 14.0 Å². The Morgan fingerprint density at radius 2 is 2.04 bits per heavy atom. The van der Waals surface area contributed by atoms with Crippen molar-refractivity contribution in [2.24, 2.45) is 17.6 Å². The van der Waals surface area contributed by atoms with Crippen LogP contribution in [0.3, 0.4) is 0 Å². The third-order valence-electron chi connectivity index (χ3n) is 4.75. The molecule has 5 nitrogen and oxygen atoms in total. The van der Waals surface area contributed by atoms with E-state index in [4.69, 9.17) is 5.73 Å². The van der Waals surface area contributed by atoms with Gasteiger partial charge in [-0.25, -0.2) is 9.37 Å². The number of carbonyl (C=O) groups is 2. The minimum absolute atomic E-state index is 0.203. The summed E-state index contributed by atoms with van der Waals surface area (Å²) < 4.78 is 13.2. The first-order chi connectivity index (χ1) is 11.5. The molecule has 1 aromatic heterocycles. The maximum Gasteiger partial charge on any atom is 0.266 e. The molecule has 3 atom stereocenters. The Balaban J connectivity index is 1.70. The van der Waals surface area contributed by atoms with E-state index in [0.29, 0.717) is 28.6 Å². The first kappa shape index (κ1) is 15.3. The predicted molar refractivity (Wildman–Crippen MR) is 87.9 cm³/mol. The van der Waals surface area contributed by atoms with Crippen LogP contribution in [0, 0.1) is 24.6 Å². The van der Waals surface area contributed by atoms with Gasteiger partial charge in [0, 0.05) is 12.1 Å². The number of benzene rings is 1. The van der Waals surface area contributed by atoms with Gasteiger partial charge in [-0.2, -0.15) is 0 Å². The highest BCUT2D eigenvalue weighted by Crippen LogP contribution is 2.50. The number of primary amides is 1. The van der Waals surface area contributed by atoms with Crippen LogP contribution in [0.15, 0.2) is 24.3 Å². The minimum Gasteiger partial charge on any atom is -0.368 e. The lowest BCUT2D eigenvalue weighted by Gasteiger charge is -2.24. The van der Waals surface area contributed by atoms with Crippen molar-refractivity contribution in [1.29, 1.82) is 0 Å². The fourth-order valence-electron chi connectivity index (χ4n) is 3.54. The van der Waals surface area contributed by atoms with Gasteiger partial charge in [0.05, 0.1) is 10.7 Å². The molecule has 0 radical (unpaired) electrons. The number of fused-ring (bicyclic) bond motifs is 1. The number of carbonyl (C=O) groups excluding carboxylic acids is 2. The van der Waals surface area contributed by atoms with Crippen LogP contribution < -0.4 is 5.73 Å². The van der Waals surface area contributed by atoms with E-state index in [1.54, 1.807) is 17.0 Å². The Labute approximate surface area is 142 Å². The molecule has 0 unspecified atom stereocenters. The van der Waals surface area contributed by atoms with Gasteiger partial charge in [-0.3, -0.25) is 9.59 Å². The molecule has 1 aliphatic carbocycles. The highest BCUT2D eigenvalue weighted by Gasteiger charge is 2.56. The first-order valence-electron chi connectivity index (χ1n) is 7.79. The van der Waals surface area contributed by atoms with E-state index in [1.807, 2.05) is 6.92 Å². The van der Waals surface area contributed by atoms with Crippen LogP contribution in [-0.2, 0) is 4.79 Å². The third kappa shape index (κ3) is 2.39. The van der Waals surface area contributed by atoms with Crippen LogP contribution in [0.5, 0.6) is 0 Å². The van der Waals surface area contributed by atoms with Crippen LogP contribution in [0.1, 0.15) is 21.1 Å². The quantitative estimate of drug-likeness (QED) is 0.926. The highest BCUT2D eigenvalue weighted by atomic mass is 32.1. The largest absolute Gasteiger partial charge is 0.368 e. The van der Waals surface area contributed by atoms with Crippen molar-refractivity contribution < 1.29 is 14.0 Å². The number of rotatable bonds is 3. The van der Waals surface area contributed by atoms with Crippen LogP contribution in [0.4, 0.5) is 4.39 Å². The fraction of sp³-hybridized carbons (Fsp3) is 0.353. The smallest absolute Gasteiger partial charge is 0.266 e. The average molecular weight is 345 g/mol. The maximum atomic E-state index is 13.2. The molecular formula is C17H16FN3O2S. The zero-order valence-electron chi connectivity index (χ0n) is 13.0. The molecular weight excluding hydrogens is 329 g/mol. The molecule has 7 heteroatoms. The number of aromatic nitrogens is 1. The van der Waals surface area contributed by atoms with Crippen LogP contribution >= 0.6 is 11.3 Å². The summed E-state index contributed by atoms with van der Waals surface area (Å²) >= 11 is 1.29. The van der Waals surface area contributed by atoms with Crippen molar-refractivity contribution in [2.45, 2.75) is 19.4 Å². The summed E-state index contributed by atoms with van der Waals surface area (Å²) in [5.41, 5.74) is 6.72. The number of thiazole rings is 1. The number of likely N-dealkylation sites (tertiary alicyclic amines) is 1. The van der Waals surface area contributed by atoms with E-state index in [1.165, 1.54) is 23.5 Å². The summed E-state index contributed by atoms with van der Waals surface area (Å²) in [5.74, 6) is -0.412. The normalized spacial score (nSPS) is 24.8.